The molecule has 0 spiro atoms. The molecule has 2 atom stereocenters. The summed E-state index contributed by atoms with van der Waals surface area (Å²) in [4.78, 5) is 10.1. The summed E-state index contributed by atoms with van der Waals surface area (Å²) in [7, 11) is 0. The third kappa shape index (κ3) is 3.26. The lowest BCUT2D eigenvalue weighted by Gasteiger charge is -2.36. The van der Waals surface area contributed by atoms with Crippen molar-refractivity contribution in [3.8, 4) is 0 Å². The molecule has 5 rings (SSSR count). The Balaban J connectivity index is 1.68. The summed E-state index contributed by atoms with van der Waals surface area (Å²) >= 11 is 0. The monoisotopic (exact) mass is 454 g/mol. The van der Waals surface area contributed by atoms with E-state index < -0.39 is 0 Å². The van der Waals surface area contributed by atoms with E-state index in [-0.39, 0.29) is 12.3 Å². The predicted octanol–water partition coefficient (Wildman–Crippen LogP) is 7.73. The van der Waals surface area contributed by atoms with Gasteiger partial charge >= 0.3 is 0 Å². The summed E-state index contributed by atoms with van der Waals surface area (Å²) in [5.41, 5.74) is 10.4. The minimum Gasteiger partial charge on any atom is -0.347 e. The number of benzene rings is 3. The Morgan fingerprint density at radius 2 is 0.912 bits per heavy atom. The molecule has 4 heteroatoms. The van der Waals surface area contributed by atoms with Crippen LogP contribution >= 0.6 is 0 Å². The Kier molecular flexibility index (Phi) is 5.50. The second-order valence-corrected chi connectivity index (χ2v) is 10.4. The molecule has 0 unspecified atom stereocenters. The number of anilines is 6. The van der Waals surface area contributed by atoms with Crippen molar-refractivity contribution in [1.29, 1.82) is 0 Å². The maximum absolute atomic E-state index is 2.54. The SMILES string of the molecule is Cc1cc(N2c3ccccc3N(C(C)C)[C@@H]2C)c(C)c(N2c3ccccc3N(C(C)C)[C@H]2C)c1. The fourth-order valence-corrected chi connectivity index (χ4v) is 6.23. The van der Waals surface area contributed by atoms with Gasteiger partial charge in [0.1, 0.15) is 12.3 Å². The van der Waals surface area contributed by atoms with Gasteiger partial charge in [-0.3, -0.25) is 0 Å². The Bertz CT molecular complexity index is 1120. The molecule has 2 aliphatic heterocycles. The zero-order valence-electron chi connectivity index (χ0n) is 21.9. The molecule has 3 aromatic rings. The average Bonchev–Trinajstić information content (AvgIpc) is 3.25. The van der Waals surface area contributed by atoms with Crippen LogP contribution in [0.3, 0.4) is 0 Å². The molecule has 0 amide bonds. The van der Waals surface area contributed by atoms with E-state index in [1.54, 1.807) is 0 Å². The number of fused-ring (bicyclic) bond motifs is 2. The van der Waals surface area contributed by atoms with Crippen LogP contribution in [0.5, 0.6) is 0 Å². The van der Waals surface area contributed by atoms with Gasteiger partial charge in [0.05, 0.1) is 22.7 Å². The summed E-state index contributed by atoms with van der Waals surface area (Å²) in [6.45, 7) is 18.3. The highest BCUT2D eigenvalue weighted by Gasteiger charge is 2.39. The molecule has 0 radical (unpaired) electrons. The standard InChI is InChI=1S/C30H38N4/c1-19(2)31-23(7)33(27-15-11-9-13-25(27)31)29-17-21(5)18-30(22(29)6)34-24(8)32(20(3)4)26-14-10-12-16-28(26)34/h9-20,23-24H,1-8H3/t23-,24+. The van der Waals surface area contributed by atoms with Crippen LogP contribution in [0.25, 0.3) is 0 Å². The molecule has 0 saturated heterocycles. The van der Waals surface area contributed by atoms with Gasteiger partial charge < -0.3 is 19.6 Å². The molecule has 178 valence electrons. The topological polar surface area (TPSA) is 13.0 Å². The molecular formula is C30H38N4. The van der Waals surface area contributed by atoms with E-state index >= 15 is 0 Å². The summed E-state index contributed by atoms with van der Waals surface area (Å²) in [6.07, 6.45) is 0.502. The maximum Gasteiger partial charge on any atom is 0.104 e. The van der Waals surface area contributed by atoms with Crippen molar-refractivity contribution in [3.63, 3.8) is 0 Å². The molecular weight excluding hydrogens is 416 g/mol. The Labute approximate surface area is 205 Å². The van der Waals surface area contributed by atoms with Gasteiger partial charge in [-0.1, -0.05) is 24.3 Å². The highest BCUT2D eigenvalue weighted by Crippen LogP contribution is 2.50. The first-order valence-corrected chi connectivity index (χ1v) is 12.7. The smallest absolute Gasteiger partial charge is 0.104 e. The van der Waals surface area contributed by atoms with Gasteiger partial charge in [-0.2, -0.15) is 0 Å². The maximum atomic E-state index is 2.54. The highest BCUT2D eigenvalue weighted by atomic mass is 15.4. The molecule has 0 aliphatic carbocycles. The largest absolute Gasteiger partial charge is 0.347 e. The van der Waals surface area contributed by atoms with Crippen molar-refractivity contribution in [1.82, 2.24) is 0 Å². The molecule has 3 aromatic carbocycles. The van der Waals surface area contributed by atoms with Crippen molar-refractivity contribution >= 4 is 34.1 Å². The number of rotatable bonds is 4. The number of hydrogen-bond donors (Lipinski definition) is 0. The fourth-order valence-electron chi connectivity index (χ4n) is 6.23. The van der Waals surface area contributed by atoms with Crippen molar-refractivity contribution < 1.29 is 0 Å². The zero-order chi connectivity index (χ0) is 24.3. The average molecular weight is 455 g/mol. The molecule has 2 heterocycles. The predicted molar refractivity (Wildman–Crippen MR) is 147 cm³/mol. The fraction of sp³-hybridized carbons (Fsp3) is 0.400. The van der Waals surface area contributed by atoms with Crippen LogP contribution in [0.2, 0.25) is 0 Å². The van der Waals surface area contributed by atoms with Crippen LogP contribution in [-0.2, 0) is 0 Å². The normalized spacial score (nSPS) is 19.5. The minimum atomic E-state index is 0.251. The van der Waals surface area contributed by atoms with Crippen LogP contribution in [0.4, 0.5) is 34.1 Å². The van der Waals surface area contributed by atoms with Gasteiger partial charge in [-0.15, -0.1) is 0 Å². The van der Waals surface area contributed by atoms with E-state index in [2.05, 4.69) is 136 Å². The van der Waals surface area contributed by atoms with Crippen LogP contribution in [0.1, 0.15) is 52.7 Å². The van der Waals surface area contributed by atoms with Crippen LogP contribution in [0, 0.1) is 13.8 Å². The molecule has 0 aromatic heterocycles. The first kappa shape index (κ1) is 22.6. The third-order valence-corrected chi connectivity index (χ3v) is 7.52. The molecule has 0 N–H and O–H groups in total. The van der Waals surface area contributed by atoms with E-state index in [1.165, 1.54) is 45.3 Å². The first-order valence-electron chi connectivity index (χ1n) is 12.7. The quantitative estimate of drug-likeness (QED) is 0.400. The molecule has 34 heavy (non-hydrogen) atoms. The lowest BCUT2D eigenvalue weighted by molar-refractivity contribution is 0.603. The van der Waals surface area contributed by atoms with E-state index in [0.717, 1.165) is 0 Å². The second-order valence-electron chi connectivity index (χ2n) is 10.4. The van der Waals surface area contributed by atoms with Crippen LogP contribution in [0.15, 0.2) is 60.7 Å². The highest BCUT2D eigenvalue weighted by molar-refractivity contribution is 5.90. The second kappa shape index (κ2) is 8.26. The molecule has 0 bridgehead atoms. The number of hydrogen-bond acceptors (Lipinski definition) is 4. The summed E-state index contributed by atoms with van der Waals surface area (Å²) in [6, 6.07) is 23.3. The Morgan fingerprint density at radius 3 is 1.26 bits per heavy atom. The van der Waals surface area contributed by atoms with E-state index in [4.69, 9.17) is 0 Å². The van der Waals surface area contributed by atoms with Crippen LogP contribution < -0.4 is 19.6 Å². The Morgan fingerprint density at radius 1 is 0.559 bits per heavy atom. The molecule has 0 saturated carbocycles. The van der Waals surface area contributed by atoms with Crippen molar-refractivity contribution in [2.45, 2.75) is 79.8 Å². The number of para-hydroxylation sites is 4. The first-order chi connectivity index (χ1) is 16.2. The van der Waals surface area contributed by atoms with Crippen molar-refractivity contribution in [2.24, 2.45) is 0 Å². The van der Waals surface area contributed by atoms with Gasteiger partial charge in [0.15, 0.2) is 0 Å². The molecule has 2 aliphatic rings. The summed E-state index contributed by atoms with van der Waals surface area (Å²) in [5.74, 6) is 0. The van der Waals surface area contributed by atoms with Crippen molar-refractivity contribution in [3.05, 3.63) is 71.8 Å². The minimum absolute atomic E-state index is 0.251. The summed E-state index contributed by atoms with van der Waals surface area (Å²) in [5, 5.41) is 0. The lowest BCUT2D eigenvalue weighted by Crippen LogP contribution is -2.43. The van der Waals surface area contributed by atoms with Gasteiger partial charge in [-0.05, 0) is 103 Å². The van der Waals surface area contributed by atoms with Gasteiger partial charge in [0.2, 0.25) is 0 Å². The van der Waals surface area contributed by atoms with E-state index in [9.17, 15) is 0 Å². The summed E-state index contributed by atoms with van der Waals surface area (Å²) < 4.78 is 0. The van der Waals surface area contributed by atoms with Crippen LogP contribution in [-0.4, -0.2) is 24.4 Å². The van der Waals surface area contributed by atoms with Gasteiger partial charge in [0.25, 0.3) is 0 Å². The number of nitrogens with zero attached hydrogens (tertiary/aromatic N) is 4. The molecule has 0 fully saturated rings. The number of aryl methyl sites for hydroxylation is 1. The van der Waals surface area contributed by atoms with E-state index in [0.29, 0.717) is 12.1 Å². The molecule has 4 nitrogen and oxygen atoms in total. The zero-order valence-corrected chi connectivity index (χ0v) is 21.9. The van der Waals surface area contributed by atoms with Crippen molar-refractivity contribution in [2.75, 3.05) is 19.6 Å². The van der Waals surface area contributed by atoms with E-state index in [1.807, 2.05) is 0 Å². The lowest BCUT2D eigenvalue weighted by atomic mass is 10.0. The van der Waals surface area contributed by atoms with Gasteiger partial charge in [-0.25, -0.2) is 0 Å². The Hall–Kier alpha value is -3.14. The third-order valence-electron chi connectivity index (χ3n) is 7.52. The van der Waals surface area contributed by atoms with Gasteiger partial charge in [0, 0.05) is 23.5 Å².